The highest BCUT2D eigenvalue weighted by molar-refractivity contribution is 5.79. The predicted molar refractivity (Wildman–Crippen MR) is 80.7 cm³/mol. The van der Waals surface area contributed by atoms with Crippen molar-refractivity contribution in [2.45, 2.75) is 38.9 Å². The number of alkyl halides is 3. The number of amides is 1. The maximum absolute atomic E-state index is 13.3. The minimum atomic E-state index is -4.76. The Bertz CT molecular complexity index is 582. The minimum absolute atomic E-state index is 0.199. The lowest BCUT2D eigenvalue weighted by Crippen LogP contribution is -2.37. The van der Waals surface area contributed by atoms with E-state index in [0.29, 0.717) is 13.2 Å². The second kappa shape index (κ2) is 7.51. The Kier molecular flexibility index (Phi) is 5.85. The Morgan fingerprint density at radius 3 is 2.46 bits per heavy atom. The molecular weight excluding hydrogens is 326 g/mol. The first kappa shape index (κ1) is 18.7. The summed E-state index contributed by atoms with van der Waals surface area (Å²) in [5.41, 5.74) is -1.10. The van der Waals surface area contributed by atoms with Crippen molar-refractivity contribution in [2.24, 2.45) is 11.8 Å². The van der Waals surface area contributed by atoms with Crippen molar-refractivity contribution in [3.8, 4) is 0 Å². The van der Waals surface area contributed by atoms with Crippen LogP contribution in [0, 0.1) is 17.7 Å². The first-order valence-corrected chi connectivity index (χ1v) is 7.95. The summed E-state index contributed by atoms with van der Waals surface area (Å²) in [5.74, 6) is -1.59. The number of rotatable bonds is 4. The van der Waals surface area contributed by atoms with E-state index in [1.54, 1.807) is 6.92 Å². The number of carbonyl (C=O) groups is 1. The summed E-state index contributed by atoms with van der Waals surface area (Å²) in [7, 11) is 0. The quantitative estimate of drug-likeness (QED) is 0.834. The van der Waals surface area contributed by atoms with E-state index in [9.17, 15) is 22.4 Å². The van der Waals surface area contributed by atoms with Crippen LogP contribution < -0.4 is 5.32 Å². The molecule has 0 spiro atoms. The van der Waals surface area contributed by atoms with Crippen LogP contribution in [-0.2, 0) is 15.7 Å². The molecule has 0 aromatic heterocycles. The van der Waals surface area contributed by atoms with E-state index in [-0.39, 0.29) is 23.3 Å². The number of hydrogen-bond donors (Lipinski definition) is 1. The van der Waals surface area contributed by atoms with Crippen LogP contribution in [0.5, 0.6) is 0 Å². The predicted octanol–water partition coefficient (Wildman–Crippen LogP) is 4.08. The number of hydrogen-bond acceptors (Lipinski definition) is 2. The Morgan fingerprint density at radius 1 is 1.25 bits per heavy atom. The second-order valence-corrected chi connectivity index (χ2v) is 6.21. The van der Waals surface area contributed by atoms with Gasteiger partial charge in [-0.1, -0.05) is 13.0 Å². The molecule has 1 aromatic carbocycles. The molecule has 0 bridgehead atoms. The van der Waals surface area contributed by atoms with Crippen molar-refractivity contribution in [2.75, 3.05) is 13.2 Å². The fraction of sp³-hybridized carbons (Fsp3) is 0.588. The fourth-order valence-corrected chi connectivity index (χ4v) is 2.89. The van der Waals surface area contributed by atoms with Crippen molar-refractivity contribution < 1.29 is 27.1 Å². The van der Waals surface area contributed by atoms with E-state index in [4.69, 9.17) is 4.74 Å². The standard InChI is InChI=1S/C17H21F4NO2/c1-10(12-5-7-24-8-6-12)16(23)22-11(2)13-3-4-15(18)14(9-13)17(19,20)21/h3-4,9-12H,5-8H2,1-2H3,(H,22,23)/t10-,11-/m0/s1. The molecule has 1 saturated heterocycles. The van der Waals surface area contributed by atoms with Crippen LogP contribution in [0.1, 0.15) is 43.9 Å². The van der Waals surface area contributed by atoms with Crippen LogP contribution >= 0.6 is 0 Å². The van der Waals surface area contributed by atoms with Gasteiger partial charge in [0.1, 0.15) is 5.82 Å². The third kappa shape index (κ3) is 4.47. The van der Waals surface area contributed by atoms with Crippen LogP contribution in [0.3, 0.4) is 0 Å². The molecule has 1 fully saturated rings. The monoisotopic (exact) mass is 347 g/mol. The van der Waals surface area contributed by atoms with Crippen LogP contribution in [0.4, 0.5) is 17.6 Å². The lowest BCUT2D eigenvalue weighted by atomic mass is 9.86. The summed E-state index contributed by atoms with van der Waals surface area (Å²) in [6.45, 7) is 4.63. The summed E-state index contributed by atoms with van der Waals surface area (Å²) in [4.78, 5) is 12.3. The number of nitrogens with one attached hydrogen (secondary N) is 1. The summed E-state index contributed by atoms with van der Waals surface area (Å²) in [6.07, 6.45) is -3.19. The number of halogens is 4. The zero-order chi connectivity index (χ0) is 17.9. The molecule has 3 nitrogen and oxygen atoms in total. The van der Waals surface area contributed by atoms with Crippen molar-refractivity contribution in [3.63, 3.8) is 0 Å². The van der Waals surface area contributed by atoms with Gasteiger partial charge in [-0.25, -0.2) is 4.39 Å². The van der Waals surface area contributed by atoms with Gasteiger partial charge in [-0.2, -0.15) is 13.2 Å². The van der Waals surface area contributed by atoms with Gasteiger partial charge >= 0.3 is 6.18 Å². The molecule has 1 aromatic rings. The van der Waals surface area contributed by atoms with Gasteiger partial charge in [-0.05, 0) is 43.4 Å². The molecular formula is C17H21F4NO2. The average molecular weight is 347 g/mol. The van der Waals surface area contributed by atoms with Crippen molar-refractivity contribution >= 4 is 5.91 Å². The molecule has 0 radical (unpaired) electrons. The third-order valence-corrected chi connectivity index (χ3v) is 4.54. The van der Waals surface area contributed by atoms with Crippen LogP contribution in [-0.4, -0.2) is 19.1 Å². The molecule has 1 aliphatic heterocycles. The van der Waals surface area contributed by atoms with Gasteiger partial charge in [0.2, 0.25) is 5.91 Å². The van der Waals surface area contributed by atoms with Crippen LogP contribution in [0.15, 0.2) is 18.2 Å². The molecule has 1 N–H and O–H groups in total. The third-order valence-electron chi connectivity index (χ3n) is 4.54. The normalized spacial score (nSPS) is 18.9. The largest absolute Gasteiger partial charge is 0.419 e. The summed E-state index contributed by atoms with van der Waals surface area (Å²) in [6, 6.07) is 2.15. The molecule has 2 atom stereocenters. The van der Waals surface area contributed by atoms with E-state index < -0.39 is 23.6 Å². The molecule has 1 amide bonds. The second-order valence-electron chi connectivity index (χ2n) is 6.21. The van der Waals surface area contributed by atoms with E-state index in [0.717, 1.165) is 25.0 Å². The summed E-state index contributed by atoms with van der Waals surface area (Å²) < 4.78 is 57.0. The smallest absolute Gasteiger partial charge is 0.381 e. The topological polar surface area (TPSA) is 38.3 Å². The SMILES string of the molecule is C[C@H](NC(=O)[C@@H](C)C1CCOCC1)c1ccc(F)c(C(F)(F)F)c1. The highest BCUT2D eigenvalue weighted by Crippen LogP contribution is 2.33. The van der Waals surface area contributed by atoms with Crippen LogP contribution in [0.2, 0.25) is 0 Å². The van der Waals surface area contributed by atoms with Crippen molar-refractivity contribution in [1.82, 2.24) is 5.32 Å². The van der Waals surface area contributed by atoms with E-state index in [1.807, 2.05) is 6.92 Å². The minimum Gasteiger partial charge on any atom is -0.381 e. The number of benzene rings is 1. The lowest BCUT2D eigenvalue weighted by Gasteiger charge is -2.28. The maximum atomic E-state index is 13.3. The van der Waals surface area contributed by atoms with Gasteiger partial charge in [-0.3, -0.25) is 4.79 Å². The zero-order valence-corrected chi connectivity index (χ0v) is 13.6. The van der Waals surface area contributed by atoms with E-state index in [1.165, 1.54) is 6.07 Å². The molecule has 0 unspecified atom stereocenters. The van der Waals surface area contributed by atoms with Gasteiger partial charge in [0, 0.05) is 19.1 Å². The lowest BCUT2D eigenvalue weighted by molar-refractivity contribution is -0.140. The molecule has 0 saturated carbocycles. The van der Waals surface area contributed by atoms with E-state index in [2.05, 4.69) is 5.32 Å². The van der Waals surface area contributed by atoms with Crippen LogP contribution in [0.25, 0.3) is 0 Å². The Balaban J connectivity index is 2.06. The molecule has 0 aliphatic carbocycles. The Labute approximate surface area is 138 Å². The summed E-state index contributed by atoms with van der Waals surface area (Å²) in [5, 5.41) is 2.72. The number of ether oxygens (including phenoxy) is 1. The Hall–Kier alpha value is -1.63. The molecule has 1 aliphatic rings. The van der Waals surface area contributed by atoms with Gasteiger partial charge in [-0.15, -0.1) is 0 Å². The average Bonchev–Trinajstić information content (AvgIpc) is 2.54. The zero-order valence-electron chi connectivity index (χ0n) is 13.6. The van der Waals surface area contributed by atoms with Crippen molar-refractivity contribution in [3.05, 3.63) is 35.1 Å². The molecule has 2 rings (SSSR count). The Morgan fingerprint density at radius 2 is 1.88 bits per heavy atom. The molecule has 134 valence electrons. The highest BCUT2D eigenvalue weighted by atomic mass is 19.4. The van der Waals surface area contributed by atoms with Gasteiger partial charge in [0.15, 0.2) is 0 Å². The fourth-order valence-electron chi connectivity index (χ4n) is 2.89. The van der Waals surface area contributed by atoms with Gasteiger partial charge in [0.05, 0.1) is 11.6 Å². The molecule has 24 heavy (non-hydrogen) atoms. The van der Waals surface area contributed by atoms with E-state index >= 15 is 0 Å². The number of carbonyl (C=O) groups excluding carboxylic acids is 1. The highest BCUT2D eigenvalue weighted by Gasteiger charge is 2.35. The van der Waals surface area contributed by atoms with Gasteiger partial charge in [0.25, 0.3) is 0 Å². The first-order valence-electron chi connectivity index (χ1n) is 7.95. The molecule has 7 heteroatoms. The van der Waals surface area contributed by atoms with Gasteiger partial charge < -0.3 is 10.1 Å². The summed E-state index contributed by atoms with van der Waals surface area (Å²) >= 11 is 0. The molecule has 1 heterocycles. The first-order chi connectivity index (χ1) is 11.2. The maximum Gasteiger partial charge on any atom is 0.419 e. The van der Waals surface area contributed by atoms with Crippen molar-refractivity contribution in [1.29, 1.82) is 0 Å².